The van der Waals surface area contributed by atoms with E-state index in [9.17, 15) is 0 Å². The van der Waals surface area contributed by atoms with E-state index in [4.69, 9.17) is 11.1 Å². The summed E-state index contributed by atoms with van der Waals surface area (Å²) in [6.45, 7) is 0. The van der Waals surface area contributed by atoms with Crippen molar-refractivity contribution in [2.75, 3.05) is 0 Å². The van der Waals surface area contributed by atoms with Crippen LogP contribution in [0.1, 0.15) is 5.56 Å². The minimum atomic E-state index is 0.0673. The molecule has 0 aliphatic carbocycles. The topological polar surface area (TPSA) is 67.7 Å². The molecule has 0 amide bonds. The number of aryl methyl sites for hydroxylation is 1. The Morgan fingerprint density at radius 1 is 1.53 bits per heavy atom. The maximum absolute atomic E-state index is 7.57. The predicted octanol–water partition coefficient (Wildman–Crippen LogP) is 2.62. The fourth-order valence-corrected chi connectivity index (χ4v) is 2.72. The van der Waals surface area contributed by atoms with Crippen LogP contribution in [0.4, 0.5) is 0 Å². The van der Waals surface area contributed by atoms with Crippen molar-refractivity contribution < 1.29 is 0 Å². The number of hydrogen-bond acceptors (Lipinski definition) is 3. The van der Waals surface area contributed by atoms with Crippen molar-refractivity contribution in [2.45, 2.75) is 9.79 Å². The van der Waals surface area contributed by atoms with Gasteiger partial charge in [-0.15, -0.1) is 0 Å². The molecular weight excluding hydrogens is 300 g/mol. The molecule has 0 atom stereocenters. The summed E-state index contributed by atoms with van der Waals surface area (Å²) in [5.41, 5.74) is 6.30. The second-order valence-corrected chi connectivity index (χ2v) is 5.54. The highest BCUT2D eigenvalue weighted by Gasteiger charge is 2.08. The maximum Gasteiger partial charge on any atom is 0.123 e. The molecule has 1 heterocycles. The number of nitrogens with two attached hydrogens (primary N) is 1. The first kappa shape index (κ1) is 12.2. The van der Waals surface area contributed by atoms with Crippen LogP contribution in [0.3, 0.4) is 0 Å². The molecule has 3 N–H and O–H groups in total. The first-order valence-corrected chi connectivity index (χ1v) is 6.47. The Balaban J connectivity index is 2.35. The number of nitrogens with zero attached hydrogens (tertiary/aromatic N) is 2. The van der Waals surface area contributed by atoms with Gasteiger partial charge < -0.3 is 5.73 Å². The summed E-state index contributed by atoms with van der Waals surface area (Å²) in [5.74, 6) is 0.0673. The average Bonchev–Trinajstić information content (AvgIpc) is 2.66. The second-order valence-electron chi connectivity index (χ2n) is 3.51. The van der Waals surface area contributed by atoms with Crippen LogP contribution < -0.4 is 5.73 Å². The SMILES string of the molecule is Cn1cc(Sc2ccc(Br)cc2C(=N)N)cn1. The lowest BCUT2D eigenvalue weighted by atomic mass is 10.2. The van der Waals surface area contributed by atoms with E-state index in [0.717, 1.165) is 19.8 Å². The Morgan fingerprint density at radius 3 is 2.88 bits per heavy atom. The molecule has 0 bridgehead atoms. The third-order valence-electron chi connectivity index (χ3n) is 2.14. The maximum atomic E-state index is 7.57. The summed E-state index contributed by atoms with van der Waals surface area (Å²) >= 11 is 4.92. The standard InChI is InChI=1S/C11H11BrN4S/c1-16-6-8(5-15-16)17-10-3-2-7(12)4-9(10)11(13)14/h2-6H,1H3,(H3,13,14). The highest BCUT2D eigenvalue weighted by Crippen LogP contribution is 2.31. The molecule has 0 saturated carbocycles. The van der Waals surface area contributed by atoms with Gasteiger partial charge in [-0.25, -0.2) is 0 Å². The summed E-state index contributed by atoms with van der Waals surface area (Å²) in [6.07, 6.45) is 3.72. The second kappa shape index (κ2) is 4.93. The highest BCUT2D eigenvalue weighted by atomic mass is 79.9. The van der Waals surface area contributed by atoms with Crippen molar-refractivity contribution in [1.29, 1.82) is 5.41 Å². The van der Waals surface area contributed by atoms with E-state index >= 15 is 0 Å². The van der Waals surface area contributed by atoms with Crippen molar-refractivity contribution in [2.24, 2.45) is 12.8 Å². The molecule has 6 heteroatoms. The molecule has 0 fully saturated rings. The Kier molecular flexibility index (Phi) is 3.54. The van der Waals surface area contributed by atoms with Crippen molar-refractivity contribution in [3.05, 3.63) is 40.6 Å². The van der Waals surface area contributed by atoms with E-state index < -0.39 is 0 Å². The molecule has 0 spiro atoms. The summed E-state index contributed by atoms with van der Waals surface area (Å²) in [7, 11) is 1.87. The number of rotatable bonds is 3. The van der Waals surface area contributed by atoms with E-state index in [-0.39, 0.29) is 5.84 Å². The van der Waals surface area contributed by atoms with E-state index in [1.54, 1.807) is 22.6 Å². The van der Waals surface area contributed by atoms with Crippen molar-refractivity contribution in [3.8, 4) is 0 Å². The number of nitrogens with one attached hydrogen (secondary N) is 1. The Morgan fingerprint density at radius 2 is 2.29 bits per heavy atom. The summed E-state index contributed by atoms with van der Waals surface area (Å²) in [5, 5.41) is 11.7. The number of nitrogen functional groups attached to an aromatic ring is 1. The summed E-state index contributed by atoms with van der Waals surface area (Å²) < 4.78 is 2.66. The van der Waals surface area contributed by atoms with E-state index in [1.165, 1.54) is 0 Å². The minimum Gasteiger partial charge on any atom is -0.384 e. The third-order valence-corrected chi connectivity index (χ3v) is 3.66. The molecule has 2 aromatic rings. The van der Waals surface area contributed by atoms with Gasteiger partial charge in [0.15, 0.2) is 0 Å². The lowest BCUT2D eigenvalue weighted by molar-refractivity contribution is 0.766. The number of amidine groups is 1. The summed E-state index contributed by atoms with van der Waals surface area (Å²) in [4.78, 5) is 1.98. The van der Waals surface area contributed by atoms with Gasteiger partial charge in [-0.3, -0.25) is 10.1 Å². The minimum absolute atomic E-state index is 0.0673. The Bertz CT molecular complexity index is 564. The van der Waals surface area contributed by atoms with Crippen LogP contribution in [-0.4, -0.2) is 15.6 Å². The molecule has 4 nitrogen and oxygen atoms in total. The van der Waals surface area contributed by atoms with Crippen LogP contribution in [0.5, 0.6) is 0 Å². The van der Waals surface area contributed by atoms with E-state index in [2.05, 4.69) is 21.0 Å². The molecule has 1 aromatic heterocycles. The fraction of sp³-hybridized carbons (Fsp3) is 0.0909. The lowest BCUT2D eigenvalue weighted by Gasteiger charge is -2.06. The molecule has 0 aliphatic rings. The van der Waals surface area contributed by atoms with Gasteiger partial charge in [0.05, 0.1) is 11.1 Å². The Labute approximate surface area is 112 Å². The molecule has 88 valence electrons. The number of hydrogen-bond donors (Lipinski definition) is 2. The first-order valence-electron chi connectivity index (χ1n) is 4.86. The molecular formula is C11H11BrN4S. The normalized spacial score (nSPS) is 10.5. The fourth-order valence-electron chi connectivity index (χ4n) is 1.38. The smallest absolute Gasteiger partial charge is 0.123 e. The van der Waals surface area contributed by atoms with Gasteiger partial charge in [0, 0.05) is 28.2 Å². The van der Waals surface area contributed by atoms with Crippen molar-refractivity contribution in [1.82, 2.24) is 9.78 Å². The quantitative estimate of drug-likeness (QED) is 0.676. The Hall–Kier alpha value is -1.27. The van der Waals surface area contributed by atoms with Gasteiger partial charge in [-0.1, -0.05) is 27.7 Å². The van der Waals surface area contributed by atoms with Gasteiger partial charge in [0.1, 0.15) is 5.84 Å². The van der Waals surface area contributed by atoms with Crippen molar-refractivity contribution >= 4 is 33.5 Å². The van der Waals surface area contributed by atoms with Gasteiger partial charge in [-0.05, 0) is 18.2 Å². The largest absolute Gasteiger partial charge is 0.384 e. The average molecular weight is 311 g/mol. The van der Waals surface area contributed by atoms with Crippen LogP contribution in [0, 0.1) is 5.41 Å². The van der Waals surface area contributed by atoms with Crippen molar-refractivity contribution in [3.63, 3.8) is 0 Å². The molecule has 0 aliphatic heterocycles. The zero-order valence-electron chi connectivity index (χ0n) is 9.14. The number of aromatic nitrogens is 2. The van der Waals surface area contributed by atoms with Gasteiger partial charge in [0.2, 0.25) is 0 Å². The van der Waals surface area contributed by atoms with Gasteiger partial charge >= 0.3 is 0 Å². The third kappa shape index (κ3) is 2.89. The highest BCUT2D eigenvalue weighted by molar-refractivity contribution is 9.10. The van der Waals surface area contributed by atoms with Crippen LogP contribution >= 0.6 is 27.7 Å². The van der Waals surface area contributed by atoms with Gasteiger partial charge in [0.25, 0.3) is 0 Å². The van der Waals surface area contributed by atoms with Gasteiger partial charge in [-0.2, -0.15) is 5.10 Å². The van der Waals surface area contributed by atoms with E-state index in [0.29, 0.717) is 0 Å². The zero-order chi connectivity index (χ0) is 12.4. The van der Waals surface area contributed by atoms with Crippen LogP contribution in [0.25, 0.3) is 0 Å². The zero-order valence-corrected chi connectivity index (χ0v) is 11.5. The molecule has 1 aromatic carbocycles. The predicted molar refractivity (Wildman–Crippen MR) is 72.5 cm³/mol. The monoisotopic (exact) mass is 310 g/mol. The molecule has 2 rings (SSSR count). The molecule has 17 heavy (non-hydrogen) atoms. The first-order chi connectivity index (χ1) is 8.06. The van der Waals surface area contributed by atoms with Crippen LogP contribution in [0.15, 0.2) is 44.9 Å². The number of benzene rings is 1. The molecule has 0 radical (unpaired) electrons. The lowest BCUT2D eigenvalue weighted by Crippen LogP contribution is -2.12. The van der Waals surface area contributed by atoms with E-state index in [1.807, 2.05) is 31.4 Å². The molecule has 0 saturated heterocycles. The van der Waals surface area contributed by atoms with Crippen LogP contribution in [-0.2, 0) is 7.05 Å². The molecule has 0 unspecified atom stereocenters. The summed E-state index contributed by atoms with van der Waals surface area (Å²) in [6, 6.07) is 5.73. The van der Waals surface area contributed by atoms with Crippen LogP contribution in [0.2, 0.25) is 0 Å². The number of halogens is 1.